The van der Waals surface area contributed by atoms with E-state index in [9.17, 15) is 9.59 Å². The van der Waals surface area contributed by atoms with Crippen molar-refractivity contribution in [3.63, 3.8) is 0 Å². The van der Waals surface area contributed by atoms with Crippen LogP contribution in [0.15, 0.2) is 82.5 Å². The number of aromatic amines is 1. The molecule has 2 aliphatic heterocycles. The SMILES string of the molecule is C#C[C@]1(CO[Si](c2ccccc2)(c2ccccc2)C(C)(C)C)O[C@@H](n2ccc(=O)[nH]c2=O)[C@]2(C)OC(C)(C)O[C@@H]21. The summed E-state index contributed by atoms with van der Waals surface area (Å²) in [6.45, 7) is 12.0. The van der Waals surface area contributed by atoms with Gasteiger partial charge in [0.2, 0.25) is 0 Å². The molecule has 2 aromatic carbocycles. The van der Waals surface area contributed by atoms with Gasteiger partial charge >= 0.3 is 5.69 Å². The highest BCUT2D eigenvalue weighted by atomic mass is 28.4. The number of benzene rings is 2. The Balaban J connectivity index is 1.64. The van der Waals surface area contributed by atoms with Gasteiger partial charge in [0.05, 0.1) is 6.61 Å². The Bertz CT molecular complexity index is 1500. The van der Waals surface area contributed by atoms with E-state index in [1.807, 2.05) is 43.3 Å². The minimum absolute atomic E-state index is 0.00885. The highest BCUT2D eigenvalue weighted by Gasteiger charge is 2.71. The van der Waals surface area contributed by atoms with Gasteiger partial charge in [-0.1, -0.05) is 87.4 Å². The lowest BCUT2D eigenvalue weighted by molar-refractivity contribution is -0.228. The summed E-state index contributed by atoms with van der Waals surface area (Å²) < 4.78 is 27.9. The summed E-state index contributed by atoms with van der Waals surface area (Å²) in [5.74, 6) is 1.84. The fraction of sp³-hybridized carbons (Fsp3) is 0.419. The first kappa shape index (κ1) is 28.3. The summed E-state index contributed by atoms with van der Waals surface area (Å²) in [5, 5.41) is 1.90. The molecule has 4 atom stereocenters. The van der Waals surface area contributed by atoms with E-state index in [-0.39, 0.29) is 11.6 Å². The van der Waals surface area contributed by atoms with Crippen LogP contribution in [0.3, 0.4) is 0 Å². The van der Waals surface area contributed by atoms with Crippen LogP contribution in [0.2, 0.25) is 5.04 Å². The predicted molar refractivity (Wildman–Crippen MR) is 155 cm³/mol. The normalized spacial score (nSPS) is 27.7. The maximum absolute atomic E-state index is 12.9. The van der Waals surface area contributed by atoms with E-state index < -0.39 is 48.9 Å². The molecule has 0 aliphatic carbocycles. The Labute approximate surface area is 235 Å². The number of aromatic nitrogens is 2. The van der Waals surface area contributed by atoms with Crippen molar-refractivity contribution in [1.82, 2.24) is 9.55 Å². The molecule has 1 aromatic heterocycles. The third-order valence-corrected chi connectivity index (χ3v) is 12.9. The summed E-state index contributed by atoms with van der Waals surface area (Å²) in [7, 11) is -2.99. The van der Waals surface area contributed by atoms with Crippen molar-refractivity contribution in [3.05, 3.63) is 93.8 Å². The van der Waals surface area contributed by atoms with Crippen LogP contribution in [0.4, 0.5) is 0 Å². The number of hydrogen-bond donors (Lipinski definition) is 1. The van der Waals surface area contributed by atoms with Crippen molar-refractivity contribution < 1.29 is 18.6 Å². The molecule has 0 amide bonds. The van der Waals surface area contributed by atoms with E-state index in [1.165, 1.54) is 16.8 Å². The van der Waals surface area contributed by atoms with Crippen LogP contribution in [0.5, 0.6) is 0 Å². The van der Waals surface area contributed by atoms with Crippen LogP contribution in [-0.4, -0.2) is 47.6 Å². The number of hydrogen-bond acceptors (Lipinski definition) is 6. The fourth-order valence-electron chi connectivity index (χ4n) is 6.31. The Kier molecular flexibility index (Phi) is 6.84. The number of nitrogens with zero attached hydrogens (tertiary/aromatic N) is 1. The first-order valence-electron chi connectivity index (χ1n) is 13.4. The van der Waals surface area contributed by atoms with Gasteiger partial charge in [-0.15, -0.1) is 6.42 Å². The van der Waals surface area contributed by atoms with E-state index >= 15 is 0 Å². The van der Waals surface area contributed by atoms with Crippen LogP contribution < -0.4 is 21.6 Å². The van der Waals surface area contributed by atoms with E-state index in [4.69, 9.17) is 25.1 Å². The summed E-state index contributed by atoms with van der Waals surface area (Å²) in [6, 6.07) is 21.7. The molecule has 0 radical (unpaired) electrons. The highest BCUT2D eigenvalue weighted by molar-refractivity contribution is 6.99. The zero-order valence-corrected chi connectivity index (χ0v) is 24.8. The van der Waals surface area contributed by atoms with Crippen LogP contribution in [-0.2, 0) is 18.6 Å². The second-order valence-electron chi connectivity index (χ2n) is 12.2. The van der Waals surface area contributed by atoms with Crippen molar-refractivity contribution in [2.45, 2.75) is 75.9 Å². The maximum atomic E-state index is 12.9. The van der Waals surface area contributed by atoms with Gasteiger partial charge in [-0.25, -0.2) is 4.79 Å². The molecular weight excluding hydrogens is 524 g/mol. The van der Waals surface area contributed by atoms with E-state index in [0.717, 1.165) is 10.4 Å². The Morgan fingerprint density at radius 2 is 1.55 bits per heavy atom. The quantitative estimate of drug-likeness (QED) is 0.368. The molecule has 2 fully saturated rings. The molecule has 1 N–H and O–H groups in total. The van der Waals surface area contributed by atoms with Crippen molar-refractivity contribution in [1.29, 1.82) is 0 Å². The molecule has 0 unspecified atom stereocenters. The van der Waals surface area contributed by atoms with Crippen molar-refractivity contribution in [2.24, 2.45) is 0 Å². The molecule has 9 heteroatoms. The first-order chi connectivity index (χ1) is 18.8. The maximum Gasteiger partial charge on any atom is 0.330 e. The molecule has 210 valence electrons. The first-order valence-corrected chi connectivity index (χ1v) is 15.3. The molecule has 5 rings (SSSR count). The van der Waals surface area contributed by atoms with Gasteiger partial charge < -0.3 is 18.6 Å². The third kappa shape index (κ3) is 4.41. The molecule has 3 heterocycles. The van der Waals surface area contributed by atoms with E-state index in [0.29, 0.717) is 0 Å². The van der Waals surface area contributed by atoms with Gasteiger partial charge in [-0.05, 0) is 36.2 Å². The standard InChI is InChI=1S/C31H36N2O6Si/c1-8-31(21-36-40(28(2,3)4,22-15-11-9-12-16-22)23-17-13-10-14-18-23)25-30(7,39-29(5,6)37-25)26(38-31)33-20-19-24(34)32-27(33)35/h1,9-20,25-26H,21H2,2-7H3,(H,32,34,35)/t25-,26+,30+,31+/m0/s1. The van der Waals surface area contributed by atoms with Crippen LogP contribution in [0, 0.1) is 12.3 Å². The molecule has 0 saturated carbocycles. The van der Waals surface area contributed by atoms with Crippen LogP contribution >= 0.6 is 0 Å². The third-order valence-electron chi connectivity index (χ3n) is 7.89. The van der Waals surface area contributed by atoms with E-state index in [1.54, 1.807) is 13.8 Å². The largest absolute Gasteiger partial charge is 0.403 e. The van der Waals surface area contributed by atoms with Gasteiger partial charge in [0, 0.05) is 12.3 Å². The topological polar surface area (TPSA) is 91.8 Å². The minimum atomic E-state index is -2.99. The fourth-order valence-corrected chi connectivity index (χ4v) is 10.9. The predicted octanol–water partition coefficient (Wildman–Crippen LogP) is 2.92. The molecule has 8 nitrogen and oxygen atoms in total. The lowest BCUT2D eigenvalue weighted by Gasteiger charge is -2.44. The smallest absolute Gasteiger partial charge is 0.330 e. The second-order valence-corrected chi connectivity index (χ2v) is 16.5. The monoisotopic (exact) mass is 560 g/mol. The lowest BCUT2D eigenvalue weighted by atomic mass is 9.88. The summed E-state index contributed by atoms with van der Waals surface area (Å²) in [4.78, 5) is 27.0. The number of rotatable bonds is 6. The van der Waals surface area contributed by atoms with Gasteiger partial charge in [0.1, 0.15) is 11.7 Å². The Morgan fingerprint density at radius 1 is 0.975 bits per heavy atom. The average molecular weight is 561 g/mol. The summed E-state index contributed by atoms with van der Waals surface area (Å²) >= 11 is 0. The van der Waals surface area contributed by atoms with Gasteiger partial charge in [-0.2, -0.15) is 0 Å². The van der Waals surface area contributed by atoms with Gasteiger partial charge in [-0.3, -0.25) is 14.3 Å². The van der Waals surface area contributed by atoms with Gasteiger partial charge in [0.25, 0.3) is 13.9 Å². The zero-order valence-electron chi connectivity index (χ0n) is 23.8. The average Bonchev–Trinajstić information content (AvgIpc) is 3.29. The number of ether oxygens (including phenoxy) is 3. The molecule has 0 spiro atoms. The van der Waals surface area contributed by atoms with E-state index in [2.05, 4.69) is 55.9 Å². The number of nitrogens with one attached hydrogen (secondary N) is 1. The van der Waals surface area contributed by atoms with Crippen molar-refractivity contribution in [3.8, 4) is 12.3 Å². The summed E-state index contributed by atoms with van der Waals surface area (Å²) in [5.41, 5.74) is -3.71. The van der Waals surface area contributed by atoms with Crippen molar-refractivity contribution >= 4 is 18.7 Å². The molecule has 2 aliphatic rings. The molecular formula is C31H36N2O6Si. The number of fused-ring (bicyclic) bond motifs is 1. The second kappa shape index (κ2) is 9.68. The zero-order chi connectivity index (χ0) is 29.0. The van der Waals surface area contributed by atoms with Gasteiger partial charge in [0.15, 0.2) is 17.6 Å². The Hall–Kier alpha value is -3.26. The minimum Gasteiger partial charge on any atom is -0.403 e. The molecule has 2 saturated heterocycles. The Morgan fingerprint density at radius 3 is 2.05 bits per heavy atom. The number of terminal acetylenes is 1. The molecule has 0 bridgehead atoms. The summed E-state index contributed by atoms with van der Waals surface area (Å²) in [6.07, 6.45) is 5.90. The highest BCUT2D eigenvalue weighted by Crippen LogP contribution is 2.55. The molecule has 3 aromatic rings. The lowest BCUT2D eigenvalue weighted by Crippen LogP contribution is -2.68. The van der Waals surface area contributed by atoms with Crippen LogP contribution in [0.25, 0.3) is 0 Å². The van der Waals surface area contributed by atoms with Crippen molar-refractivity contribution in [2.75, 3.05) is 6.61 Å². The van der Waals surface area contributed by atoms with Crippen LogP contribution in [0.1, 0.15) is 47.8 Å². The number of H-pyrrole nitrogens is 1. The molecule has 40 heavy (non-hydrogen) atoms.